The number of piperazine rings is 2. The highest BCUT2D eigenvalue weighted by molar-refractivity contribution is 7.89. The molecule has 0 radical (unpaired) electrons. The summed E-state index contributed by atoms with van der Waals surface area (Å²) < 4.78 is 60.5. The lowest BCUT2D eigenvalue weighted by molar-refractivity contribution is -0.192. The van der Waals surface area contributed by atoms with Crippen LogP contribution in [-0.4, -0.2) is 130 Å². The van der Waals surface area contributed by atoms with Crippen molar-refractivity contribution in [3.05, 3.63) is 28.8 Å². The van der Waals surface area contributed by atoms with Gasteiger partial charge in [0.25, 0.3) is 0 Å². The summed E-state index contributed by atoms with van der Waals surface area (Å²) >= 11 is 0. The fourth-order valence-electron chi connectivity index (χ4n) is 4.12. The number of likely N-dealkylation sites (N-methyl/N-ethyl adjacent to an activating group) is 1. The molecule has 3 rings (SSSR count). The van der Waals surface area contributed by atoms with Gasteiger partial charge in [-0.2, -0.15) is 17.5 Å². The topological polar surface area (TPSA) is 114 Å². The predicted molar refractivity (Wildman–Crippen MR) is 136 cm³/mol. The van der Waals surface area contributed by atoms with E-state index < -0.39 is 22.2 Å². The Labute approximate surface area is 222 Å². The van der Waals surface area contributed by atoms with E-state index in [1.165, 1.54) is 4.31 Å². The van der Waals surface area contributed by atoms with Gasteiger partial charge in [0.1, 0.15) is 0 Å². The number of rotatable bonds is 7. The number of carbonyl (C=O) groups excluding carboxylic acids is 1. The molecule has 2 fully saturated rings. The highest BCUT2D eigenvalue weighted by Crippen LogP contribution is 2.24. The Morgan fingerprint density at radius 2 is 1.50 bits per heavy atom. The molecule has 2 saturated heterocycles. The maximum Gasteiger partial charge on any atom is 0.490 e. The van der Waals surface area contributed by atoms with E-state index in [0.717, 1.165) is 56.0 Å². The Bertz CT molecular complexity index is 1070. The van der Waals surface area contributed by atoms with Crippen LogP contribution < -0.4 is 5.32 Å². The van der Waals surface area contributed by atoms with Crippen molar-refractivity contribution >= 4 is 21.9 Å². The van der Waals surface area contributed by atoms with Crippen LogP contribution in [0.15, 0.2) is 17.0 Å². The molecule has 14 heteroatoms. The van der Waals surface area contributed by atoms with Gasteiger partial charge < -0.3 is 20.2 Å². The standard InChI is InChI=1S/C22H37N5O3S.C2HF3O2/c1-18-15-20(3)21(16-19(18)2)31(29,30)27(14-13-25-11-9-24(4)10-12-25)17-22(28)26-7-5-23-6-8-26;3-2(4,5)1(6)7/h15-16,23H,5-14,17H2,1-4H3;(H,6,7). The molecule has 0 aromatic heterocycles. The summed E-state index contributed by atoms with van der Waals surface area (Å²) in [6.07, 6.45) is -5.08. The Morgan fingerprint density at radius 1 is 0.974 bits per heavy atom. The average molecular weight is 566 g/mol. The molecule has 2 N–H and O–H groups in total. The second kappa shape index (κ2) is 13.7. The average Bonchev–Trinajstić information content (AvgIpc) is 2.85. The fourth-order valence-corrected chi connectivity index (χ4v) is 5.80. The summed E-state index contributed by atoms with van der Waals surface area (Å²) in [5, 5.41) is 10.4. The number of amides is 1. The third-order valence-corrected chi connectivity index (χ3v) is 8.68. The van der Waals surface area contributed by atoms with Crippen LogP contribution in [0.1, 0.15) is 16.7 Å². The third kappa shape index (κ3) is 9.19. The first-order valence-electron chi connectivity index (χ1n) is 12.4. The molecule has 1 aromatic carbocycles. The molecule has 2 heterocycles. The van der Waals surface area contributed by atoms with Crippen molar-refractivity contribution in [2.75, 3.05) is 79.0 Å². The SMILES string of the molecule is Cc1cc(C)c(S(=O)(=O)N(CCN2CCN(C)CC2)CC(=O)N2CCNCC2)cc1C.O=C(O)C(F)(F)F. The van der Waals surface area contributed by atoms with E-state index in [1.54, 1.807) is 11.0 Å². The van der Waals surface area contributed by atoms with Crippen LogP contribution in [0.4, 0.5) is 13.2 Å². The first kappa shape index (κ1) is 32.0. The van der Waals surface area contributed by atoms with Crippen LogP contribution in [0, 0.1) is 20.8 Å². The Hall–Kier alpha value is -2.26. The quantitative estimate of drug-likeness (QED) is 0.502. The van der Waals surface area contributed by atoms with E-state index in [1.807, 2.05) is 26.8 Å². The number of nitrogens with zero attached hydrogens (tertiary/aromatic N) is 4. The minimum absolute atomic E-state index is 0.109. The van der Waals surface area contributed by atoms with Gasteiger partial charge in [-0.1, -0.05) is 6.07 Å². The van der Waals surface area contributed by atoms with Crippen LogP contribution in [0.3, 0.4) is 0 Å². The Kier molecular flexibility index (Phi) is 11.5. The zero-order valence-corrected chi connectivity index (χ0v) is 23.2. The Morgan fingerprint density at radius 3 is 2.03 bits per heavy atom. The summed E-state index contributed by atoms with van der Waals surface area (Å²) in [6, 6.07) is 3.66. The van der Waals surface area contributed by atoms with Gasteiger partial charge in [-0.15, -0.1) is 0 Å². The van der Waals surface area contributed by atoms with Crippen molar-refractivity contribution in [3.63, 3.8) is 0 Å². The van der Waals surface area contributed by atoms with Crippen LogP contribution in [-0.2, 0) is 19.6 Å². The third-order valence-electron chi connectivity index (χ3n) is 6.69. The largest absolute Gasteiger partial charge is 0.490 e. The second-order valence-electron chi connectivity index (χ2n) is 9.62. The molecule has 0 saturated carbocycles. The maximum atomic E-state index is 13.7. The Balaban J connectivity index is 0.000000638. The number of aryl methyl sites for hydroxylation is 3. The fraction of sp³-hybridized carbons (Fsp3) is 0.667. The van der Waals surface area contributed by atoms with Crippen LogP contribution in [0.2, 0.25) is 0 Å². The molecule has 1 amide bonds. The molecule has 0 spiro atoms. The summed E-state index contributed by atoms with van der Waals surface area (Å²) in [7, 11) is -1.68. The van der Waals surface area contributed by atoms with Gasteiger partial charge in [0, 0.05) is 65.4 Å². The second-order valence-corrected chi connectivity index (χ2v) is 11.5. The van der Waals surface area contributed by atoms with Gasteiger partial charge in [0.15, 0.2) is 0 Å². The number of halogens is 3. The molecule has 10 nitrogen and oxygen atoms in total. The first-order chi connectivity index (χ1) is 17.6. The van der Waals surface area contributed by atoms with Crippen LogP contribution in [0.25, 0.3) is 0 Å². The summed E-state index contributed by atoms with van der Waals surface area (Å²) in [6.45, 7) is 13.1. The summed E-state index contributed by atoms with van der Waals surface area (Å²) in [5.41, 5.74) is 2.73. The van der Waals surface area contributed by atoms with Crippen molar-refractivity contribution in [2.24, 2.45) is 0 Å². The lowest BCUT2D eigenvalue weighted by atomic mass is 10.1. The molecule has 2 aliphatic rings. The minimum Gasteiger partial charge on any atom is -0.475 e. The molecular weight excluding hydrogens is 527 g/mol. The number of aliphatic carboxylic acids is 1. The molecule has 1 aromatic rings. The number of alkyl halides is 3. The molecule has 0 unspecified atom stereocenters. The highest BCUT2D eigenvalue weighted by atomic mass is 32.2. The van der Waals surface area contributed by atoms with Gasteiger partial charge in [0.2, 0.25) is 15.9 Å². The number of benzene rings is 1. The van der Waals surface area contributed by atoms with Crippen molar-refractivity contribution in [3.8, 4) is 0 Å². The van der Waals surface area contributed by atoms with Crippen molar-refractivity contribution in [1.29, 1.82) is 0 Å². The molecule has 0 atom stereocenters. The molecule has 0 aliphatic carbocycles. The first-order valence-corrected chi connectivity index (χ1v) is 13.8. The van der Waals surface area contributed by atoms with Gasteiger partial charge in [-0.25, -0.2) is 13.2 Å². The highest BCUT2D eigenvalue weighted by Gasteiger charge is 2.38. The van der Waals surface area contributed by atoms with Gasteiger partial charge in [-0.05, 0) is 50.6 Å². The number of nitrogens with one attached hydrogen (secondary N) is 1. The number of carbonyl (C=O) groups is 2. The summed E-state index contributed by atoms with van der Waals surface area (Å²) in [5.74, 6) is -2.88. The van der Waals surface area contributed by atoms with E-state index >= 15 is 0 Å². The number of hydrogen-bond acceptors (Lipinski definition) is 7. The normalized spacial score (nSPS) is 17.7. The number of sulfonamides is 1. The van der Waals surface area contributed by atoms with Crippen molar-refractivity contribution in [2.45, 2.75) is 31.8 Å². The van der Waals surface area contributed by atoms with Crippen molar-refractivity contribution < 1.29 is 36.3 Å². The predicted octanol–water partition coefficient (Wildman–Crippen LogP) is 0.915. The monoisotopic (exact) mass is 565 g/mol. The summed E-state index contributed by atoms with van der Waals surface area (Å²) in [4.78, 5) is 28.5. The number of carboxylic acids is 1. The van der Waals surface area contributed by atoms with Crippen molar-refractivity contribution in [1.82, 2.24) is 24.3 Å². The molecule has 38 heavy (non-hydrogen) atoms. The van der Waals surface area contributed by atoms with E-state index in [4.69, 9.17) is 9.90 Å². The molecule has 0 bridgehead atoms. The lowest BCUT2D eigenvalue weighted by Gasteiger charge is -2.34. The van der Waals surface area contributed by atoms with Gasteiger partial charge in [0.05, 0.1) is 11.4 Å². The van der Waals surface area contributed by atoms with Gasteiger partial charge >= 0.3 is 12.1 Å². The van der Waals surface area contributed by atoms with E-state index in [0.29, 0.717) is 31.1 Å². The molecular formula is C24H38F3N5O5S. The zero-order valence-electron chi connectivity index (χ0n) is 22.3. The van der Waals surface area contributed by atoms with E-state index in [9.17, 15) is 26.4 Å². The van der Waals surface area contributed by atoms with E-state index in [-0.39, 0.29) is 12.5 Å². The zero-order chi connectivity index (χ0) is 28.7. The molecule has 216 valence electrons. The minimum atomic E-state index is -5.08. The van der Waals surface area contributed by atoms with Gasteiger partial charge in [-0.3, -0.25) is 9.69 Å². The number of carboxylic acid groups (broad SMARTS) is 1. The van der Waals surface area contributed by atoms with Crippen LogP contribution >= 0.6 is 0 Å². The molecule has 2 aliphatic heterocycles. The smallest absolute Gasteiger partial charge is 0.475 e. The van der Waals surface area contributed by atoms with E-state index in [2.05, 4.69) is 22.2 Å². The maximum absolute atomic E-state index is 13.7. The lowest BCUT2D eigenvalue weighted by Crippen LogP contribution is -2.52. The number of hydrogen-bond donors (Lipinski definition) is 2. The van der Waals surface area contributed by atoms with Crippen LogP contribution in [0.5, 0.6) is 0 Å².